The van der Waals surface area contributed by atoms with E-state index in [1.165, 1.54) is 14.2 Å². The van der Waals surface area contributed by atoms with Crippen LogP contribution in [-0.2, 0) is 9.53 Å². The standard InChI is InChI=1S/C15H19NO5/c1-9-4-5-10(6-12(9)20-2)13(18)16-15(14(19)21-3)7-11(17)8-15/h4-6,11,17H,7-8H2,1-3H3,(H,16,18). The molecule has 0 saturated heterocycles. The maximum absolute atomic E-state index is 12.3. The van der Waals surface area contributed by atoms with Crippen molar-refractivity contribution in [2.75, 3.05) is 14.2 Å². The van der Waals surface area contributed by atoms with Crippen molar-refractivity contribution in [3.05, 3.63) is 29.3 Å². The first-order valence-corrected chi connectivity index (χ1v) is 6.65. The molecule has 6 nitrogen and oxygen atoms in total. The van der Waals surface area contributed by atoms with Gasteiger partial charge in [-0.05, 0) is 24.6 Å². The SMILES string of the molecule is COC(=O)C1(NC(=O)c2ccc(C)c(OC)c2)CC(O)C1. The molecule has 114 valence electrons. The van der Waals surface area contributed by atoms with Crippen LogP contribution in [-0.4, -0.2) is 42.8 Å². The van der Waals surface area contributed by atoms with E-state index in [0.29, 0.717) is 11.3 Å². The van der Waals surface area contributed by atoms with Crippen molar-refractivity contribution < 1.29 is 24.2 Å². The second kappa shape index (κ2) is 5.73. The van der Waals surface area contributed by atoms with Crippen molar-refractivity contribution in [3.8, 4) is 5.75 Å². The molecule has 6 heteroatoms. The highest BCUT2D eigenvalue weighted by Crippen LogP contribution is 2.34. The van der Waals surface area contributed by atoms with Crippen molar-refractivity contribution in [1.82, 2.24) is 5.32 Å². The number of carbonyl (C=O) groups is 2. The van der Waals surface area contributed by atoms with Gasteiger partial charge in [-0.1, -0.05) is 6.07 Å². The Morgan fingerprint density at radius 1 is 1.33 bits per heavy atom. The Labute approximate surface area is 123 Å². The van der Waals surface area contributed by atoms with Crippen LogP contribution in [0, 0.1) is 6.92 Å². The summed E-state index contributed by atoms with van der Waals surface area (Å²) in [6.45, 7) is 1.87. The topological polar surface area (TPSA) is 84.9 Å². The van der Waals surface area contributed by atoms with Gasteiger partial charge in [0.05, 0.1) is 20.3 Å². The van der Waals surface area contributed by atoms with Gasteiger partial charge in [0.15, 0.2) is 0 Å². The van der Waals surface area contributed by atoms with E-state index in [-0.39, 0.29) is 12.8 Å². The van der Waals surface area contributed by atoms with Crippen LogP contribution >= 0.6 is 0 Å². The highest BCUT2D eigenvalue weighted by molar-refractivity contribution is 5.99. The van der Waals surface area contributed by atoms with Gasteiger partial charge in [0.25, 0.3) is 5.91 Å². The third-order valence-electron chi connectivity index (χ3n) is 3.77. The van der Waals surface area contributed by atoms with Crippen LogP contribution < -0.4 is 10.1 Å². The summed E-state index contributed by atoms with van der Waals surface area (Å²) in [6, 6.07) is 5.05. The molecular weight excluding hydrogens is 274 g/mol. The molecule has 1 aliphatic rings. The maximum atomic E-state index is 12.3. The van der Waals surface area contributed by atoms with Gasteiger partial charge in [0, 0.05) is 18.4 Å². The van der Waals surface area contributed by atoms with Gasteiger partial charge in [-0.25, -0.2) is 4.79 Å². The smallest absolute Gasteiger partial charge is 0.331 e. The Bertz CT molecular complexity index is 563. The lowest BCUT2D eigenvalue weighted by atomic mass is 9.74. The maximum Gasteiger partial charge on any atom is 0.331 e. The van der Waals surface area contributed by atoms with Crippen LogP contribution in [0.4, 0.5) is 0 Å². The van der Waals surface area contributed by atoms with E-state index in [1.54, 1.807) is 18.2 Å². The molecule has 0 atom stereocenters. The van der Waals surface area contributed by atoms with E-state index >= 15 is 0 Å². The van der Waals surface area contributed by atoms with Crippen LogP contribution in [0.15, 0.2) is 18.2 Å². The van der Waals surface area contributed by atoms with E-state index in [4.69, 9.17) is 9.47 Å². The molecular formula is C15H19NO5. The Morgan fingerprint density at radius 3 is 2.52 bits per heavy atom. The lowest BCUT2D eigenvalue weighted by molar-refractivity contribution is -0.157. The molecule has 0 spiro atoms. The minimum Gasteiger partial charge on any atom is -0.496 e. The van der Waals surface area contributed by atoms with Crippen LogP contribution in [0.3, 0.4) is 0 Å². The van der Waals surface area contributed by atoms with Gasteiger partial charge in [-0.15, -0.1) is 0 Å². The van der Waals surface area contributed by atoms with Crippen molar-refractivity contribution >= 4 is 11.9 Å². The van der Waals surface area contributed by atoms with E-state index in [0.717, 1.165) is 5.56 Å². The molecule has 0 bridgehead atoms. The largest absolute Gasteiger partial charge is 0.496 e. The fourth-order valence-corrected chi connectivity index (χ4v) is 2.51. The number of ether oxygens (including phenoxy) is 2. The van der Waals surface area contributed by atoms with Gasteiger partial charge in [0.1, 0.15) is 11.3 Å². The summed E-state index contributed by atoms with van der Waals surface area (Å²) in [7, 11) is 2.79. The molecule has 21 heavy (non-hydrogen) atoms. The van der Waals surface area contributed by atoms with E-state index in [2.05, 4.69) is 5.32 Å². The number of amides is 1. The van der Waals surface area contributed by atoms with Crippen LogP contribution in [0.1, 0.15) is 28.8 Å². The zero-order valence-electron chi connectivity index (χ0n) is 12.3. The summed E-state index contributed by atoms with van der Waals surface area (Å²) >= 11 is 0. The molecule has 2 N–H and O–H groups in total. The van der Waals surface area contributed by atoms with Crippen LogP contribution in [0.2, 0.25) is 0 Å². The number of benzene rings is 1. The van der Waals surface area contributed by atoms with Gasteiger partial charge in [-0.3, -0.25) is 4.79 Å². The zero-order chi connectivity index (χ0) is 15.6. The molecule has 1 aromatic carbocycles. The molecule has 0 heterocycles. The highest BCUT2D eigenvalue weighted by Gasteiger charge is 2.52. The van der Waals surface area contributed by atoms with Gasteiger partial charge in [0.2, 0.25) is 0 Å². The third-order valence-corrected chi connectivity index (χ3v) is 3.77. The number of aryl methyl sites for hydroxylation is 1. The average molecular weight is 293 g/mol. The quantitative estimate of drug-likeness (QED) is 0.802. The summed E-state index contributed by atoms with van der Waals surface area (Å²) in [5.74, 6) is -0.339. The molecule has 1 aliphatic carbocycles. The number of aliphatic hydroxyl groups is 1. The zero-order valence-corrected chi connectivity index (χ0v) is 12.3. The van der Waals surface area contributed by atoms with E-state index < -0.39 is 23.5 Å². The summed E-state index contributed by atoms with van der Waals surface area (Å²) in [5, 5.41) is 12.1. The number of hydrogen-bond acceptors (Lipinski definition) is 5. The lowest BCUT2D eigenvalue weighted by Crippen LogP contribution is -2.64. The Hall–Kier alpha value is -2.08. The predicted octanol–water partition coefficient (Wildman–Crippen LogP) is 0.800. The predicted molar refractivity (Wildman–Crippen MR) is 75.2 cm³/mol. The second-order valence-electron chi connectivity index (χ2n) is 5.27. The fourth-order valence-electron chi connectivity index (χ4n) is 2.51. The molecule has 1 saturated carbocycles. The first-order valence-electron chi connectivity index (χ1n) is 6.65. The molecule has 0 unspecified atom stereocenters. The first kappa shape index (κ1) is 15.3. The number of rotatable bonds is 4. The molecule has 0 aliphatic heterocycles. The number of esters is 1. The van der Waals surface area contributed by atoms with E-state index in [1.807, 2.05) is 6.92 Å². The van der Waals surface area contributed by atoms with Crippen molar-refractivity contribution in [1.29, 1.82) is 0 Å². The summed E-state index contributed by atoms with van der Waals surface area (Å²) in [4.78, 5) is 24.1. The van der Waals surface area contributed by atoms with E-state index in [9.17, 15) is 14.7 Å². The molecule has 0 aromatic heterocycles. The number of methoxy groups -OCH3 is 2. The number of aliphatic hydroxyl groups excluding tert-OH is 1. The average Bonchev–Trinajstić information content (AvgIpc) is 2.44. The number of carbonyl (C=O) groups excluding carboxylic acids is 2. The normalized spacial score (nSPS) is 23.9. The summed E-state index contributed by atoms with van der Waals surface area (Å²) < 4.78 is 9.90. The third kappa shape index (κ3) is 2.85. The Balaban J connectivity index is 2.18. The highest BCUT2D eigenvalue weighted by atomic mass is 16.5. The lowest BCUT2D eigenvalue weighted by Gasteiger charge is -2.42. The van der Waals surface area contributed by atoms with Gasteiger partial charge < -0.3 is 19.9 Å². The monoisotopic (exact) mass is 293 g/mol. The van der Waals surface area contributed by atoms with Crippen molar-refractivity contribution in [3.63, 3.8) is 0 Å². The minimum atomic E-state index is -1.14. The summed E-state index contributed by atoms with van der Waals surface area (Å²) in [6.07, 6.45) is -0.278. The second-order valence-corrected chi connectivity index (χ2v) is 5.27. The minimum absolute atomic E-state index is 0.161. The molecule has 2 rings (SSSR count). The Kier molecular flexibility index (Phi) is 4.18. The first-order chi connectivity index (χ1) is 9.91. The van der Waals surface area contributed by atoms with Gasteiger partial charge >= 0.3 is 5.97 Å². The van der Waals surface area contributed by atoms with Crippen molar-refractivity contribution in [2.24, 2.45) is 0 Å². The fraction of sp³-hybridized carbons (Fsp3) is 0.467. The molecule has 1 amide bonds. The molecule has 0 radical (unpaired) electrons. The number of hydrogen-bond donors (Lipinski definition) is 2. The number of nitrogens with one attached hydrogen (secondary N) is 1. The van der Waals surface area contributed by atoms with Crippen LogP contribution in [0.5, 0.6) is 5.75 Å². The van der Waals surface area contributed by atoms with Crippen molar-refractivity contribution in [2.45, 2.75) is 31.4 Å². The molecule has 1 aromatic rings. The van der Waals surface area contributed by atoms with Gasteiger partial charge in [-0.2, -0.15) is 0 Å². The Morgan fingerprint density at radius 2 is 2.00 bits per heavy atom. The summed E-state index contributed by atoms with van der Waals surface area (Å²) in [5.41, 5.74) is 0.168. The molecule has 1 fully saturated rings. The van der Waals surface area contributed by atoms with Crippen LogP contribution in [0.25, 0.3) is 0 Å².